The lowest BCUT2D eigenvalue weighted by Crippen LogP contribution is -2.59. The summed E-state index contributed by atoms with van der Waals surface area (Å²) in [7, 11) is 1.34. The fourth-order valence-electron chi connectivity index (χ4n) is 1.76. The Morgan fingerprint density at radius 2 is 1.88 bits per heavy atom. The van der Waals surface area contributed by atoms with Crippen LogP contribution in [0.5, 0.6) is 0 Å². The summed E-state index contributed by atoms with van der Waals surface area (Å²) in [4.78, 5) is 0. The molecule has 1 aliphatic rings. The van der Waals surface area contributed by atoms with Gasteiger partial charge in [-0.3, -0.25) is 0 Å². The molecule has 0 radical (unpaired) electrons. The Morgan fingerprint density at radius 3 is 2.47 bits per heavy atom. The van der Waals surface area contributed by atoms with Gasteiger partial charge in [0.2, 0.25) is 0 Å². The van der Waals surface area contributed by atoms with Crippen LogP contribution >= 0.6 is 0 Å². The van der Waals surface area contributed by atoms with Crippen molar-refractivity contribution in [1.82, 2.24) is 0 Å². The Bertz CT molecular complexity index is 212. The molecule has 6 nitrogen and oxygen atoms in total. The standard InChI is InChI=1S/C11H22O6/c1-3-4-5-16-6-7-8(12)9(13)10(15-2)11(14)17-7/h7-14H,3-6H2,1-2H3/t7-,8-,9-,10+,11+/m1/s1. The summed E-state index contributed by atoms with van der Waals surface area (Å²) in [5, 5.41) is 29.0. The van der Waals surface area contributed by atoms with Gasteiger partial charge in [0.25, 0.3) is 0 Å². The van der Waals surface area contributed by atoms with Gasteiger partial charge < -0.3 is 29.5 Å². The molecule has 0 bridgehead atoms. The molecule has 3 N–H and O–H groups in total. The summed E-state index contributed by atoms with van der Waals surface area (Å²) >= 11 is 0. The number of unbranched alkanes of at least 4 members (excludes halogenated alkanes) is 1. The third-order valence-electron chi connectivity index (χ3n) is 2.86. The highest BCUT2D eigenvalue weighted by molar-refractivity contribution is 4.89. The third-order valence-corrected chi connectivity index (χ3v) is 2.86. The molecule has 0 amide bonds. The van der Waals surface area contributed by atoms with Crippen molar-refractivity contribution in [3.05, 3.63) is 0 Å². The average Bonchev–Trinajstić information content (AvgIpc) is 2.31. The van der Waals surface area contributed by atoms with E-state index in [0.29, 0.717) is 6.61 Å². The number of aliphatic hydroxyl groups is 3. The van der Waals surface area contributed by atoms with E-state index in [1.807, 2.05) is 6.92 Å². The van der Waals surface area contributed by atoms with Crippen molar-refractivity contribution in [2.24, 2.45) is 0 Å². The summed E-state index contributed by atoms with van der Waals surface area (Å²) in [5.41, 5.74) is 0. The Balaban J connectivity index is 2.40. The predicted molar refractivity (Wildman–Crippen MR) is 59.4 cm³/mol. The molecule has 0 saturated carbocycles. The third kappa shape index (κ3) is 3.87. The molecule has 1 fully saturated rings. The molecule has 0 aromatic carbocycles. The molecule has 1 saturated heterocycles. The Labute approximate surface area is 101 Å². The quantitative estimate of drug-likeness (QED) is 0.538. The molecule has 1 rings (SSSR count). The second kappa shape index (κ2) is 7.25. The van der Waals surface area contributed by atoms with E-state index in [4.69, 9.17) is 14.2 Å². The van der Waals surface area contributed by atoms with E-state index in [1.54, 1.807) is 0 Å². The first-order valence-electron chi connectivity index (χ1n) is 5.92. The van der Waals surface area contributed by atoms with Crippen molar-refractivity contribution in [2.45, 2.75) is 50.5 Å². The molecular weight excluding hydrogens is 228 g/mol. The van der Waals surface area contributed by atoms with E-state index in [0.717, 1.165) is 12.8 Å². The maximum atomic E-state index is 9.77. The minimum absolute atomic E-state index is 0.145. The lowest BCUT2D eigenvalue weighted by Gasteiger charge is -2.39. The SMILES string of the molecule is CCCCOC[C@H]1O[C@H](O)[C@@H](OC)[C@H](O)[C@@H]1O. The summed E-state index contributed by atoms with van der Waals surface area (Å²) in [6.45, 7) is 2.76. The first-order chi connectivity index (χ1) is 8.11. The number of rotatable bonds is 6. The zero-order valence-electron chi connectivity index (χ0n) is 10.3. The molecule has 0 aromatic heterocycles. The monoisotopic (exact) mass is 250 g/mol. The molecule has 0 spiro atoms. The van der Waals surface area contributed by atoms with Gasteiger partial charge in [0.05, 0.1) is 6.61 Å². The van der Waals surface area contributed by atoms with Crippen LogP contribution in [0, 0.1) is 0 Å². The zero-order valence-corrected chi connectivity index (χ0v) is 10.3. The smallest absolute Gasteiger partial charge is 0.184 e. The van der Waals surface area contributed by atoms with Crippen molar-refractivity contribution in [3.8, 4) is 0 Å². The molecule has 1 heterocycles. The molecule has 0 aromatic rings. The second-order valence-electron chi connectivity index (χ2n) is 4.18. The van der Waals surface area contributed by atoms with E-state index in [2.05, 4.69) is 0 Å². The number of hydrogen-bond acceptors (Lipinski definition) is 6. The Kier molecular flexibility index (Phi) is 6.32. The van der Waals surface area contributed by atoms with Crippen LogP contribution in [0.4, 0.5) is 0 Å². The molecule has 102 valence electrons. The molecule has 5 atom stereocenters. The normalized spacial score (nSPS) is 38.3. The first kappa shape index (κ1) is 14.8. The van der Waals surface area contributed by atoms with Crippen LogP contribution in [0.25, 0.3) is 0 Å². The van der Waals surface area contributed by atoms with Crippen LogP contribution in [-0.2, 0) is 14.2 Å². The van der Waals surface area contributed by atoms with Crippen molar-refractivity contribution in [2.75, 3.05) is 20.3 Å². The predicted octanol–water partition coefficient (Wildman–Crippen LogP) is -0.743. The van der Waals surface area contributed by atoms with Gasteiger partial charge >= 0.3 is 0 Å². The van der Waals surface area contributed by atoms with Gasteiger partial charge in [-0.1, -0.05) is 13.3 Å². The molecule has 1 aliphatic heterocycles. The van der Waals surface area contributed by atoms with Crippen LogP contribution in [0.3, 0.4) is 0 Å². The van der Waals surface area contributed by atoms with E-state index in [1.165, 1.54) is 7.11 Å². The fourth-order valence-corrected chi connectivity index (χ4v) is 1.76. The first-order valence-corrected chi connectivity index (χ1v) is 5.92. The maximum Gasteiger partial charge on any atom is 0.184 e. The van der Waals surface area contributed by atoms with E-state index in [9.17, 15) is 15.3 Å². The number of hydrogen-bond donors (Lipinski definition) is 3. The van der Waals surface area contributed by atoms with Gasteiger partial charge in [-0.2, -0.15) is 0 Å². The van der Waals surface area contributed by atoms with Crippen molar-refractivity contribution in [1.29, 1.82) is 0 Å². The van der Waals surface area contributed by atoms with Crippen LogP contribution in [-0.4, -0.2) is 66.3 Å². The highest BCUT2D eigenvalue weighted by Gasteiger charge is 2.44. The van der Waals surface area contributed by atoms with Crippen molar-refractivity contribution in [3.63, 3.8) is 0 Å². The van der Waals surface area contributed by atoms with Crippen LogP contribution in [0.15, 0.2) is 0 Å². The van der Waals surface area contributed by atoms with Crippen LogP contribution in [0.2, 0.25) is 0 Å². The fraction of sp³-hybridized carbons (Fsp3) is 1.00. The molecule has 0 aliphatic carbocycles. The van der Waals surface area contributed by atoms with E-state index < -0.39 is 30.7 Å². The number of methoxy groups -OCH3 is 1. The highest BCUT2D eigenvalue weighted by Crippen LogP contribution is 2.22. The summed E-state index contributed by atoms with van der Waals surface area (Å²) in [5.74, 6) is 0. The molecule has 0 unspecified atom stereocenters. The van der Waals surface area contributed by atoms with Crippen molar-refractivity contribution < 1.29 is 29.5 Å². The number of ether oxygens (including phenoxy) is 3. The summed E-state index contributed by atoms with van der Waals surface area (Å²) in [6.07, 6.45) is -3.27. The zero-order chi connectivity index (χ0) is 12.8. The van der Waals surface area contributed by atoms with Gasteiger partial charge in [-0.05, 0) is 6.42 Å². The van der Waals surface area contributed by atoms with E-state index in [-0.39, 0.29) is 6.61 Å². The molecular formula is C11H22O6. The highest BCUT2D eigenvalue weighted by atomic mass is 16.7. The van der Waals surface area contributed by atoms with Gasteiger partial charge in [0, 0.05) is 13.7 Å². The lowest BCUT2D eigenvalue weighted by molar-refractivity contribution is -0.293. The minimum atomic E-state index is -1.25. The topological polar surface area (TPSA) is 88.4 Å². The van der Waals surface area contributed by atoms with Gasteiger partial charge in [-0.15, -0.1) is 0 Å². The average molecular weight is 250 g/mol. The van der Waals surface area contributed by atoms with Crippen molar-refractivity contribution >= 4 is 0 Å². The van der Waals surface area contributed by atoms with Gasteiger partial charge in [0.1, 0.15) is 24.4 Å². The lowest BCUT2D eigenvalue weighted by atomic mass is 9.99. The Hall–Kier alpha value is -0.240. The molecule has 6 heteroatoms. The summed E-state index contributed by atoms with van der Waals surface area (Å²) < 4.78 is 15.3. The van der Waals surface area contributed by atoms with Crippen LogP contribution in [0.1, 0.15) is 19.8 Å². The van der Waals surface area contributed by atoms with Gasteiger partial charge in [0.15, 0.2) is 6.29 Å². The Morgan fingerprint density at radius 1 is 1.18 bits per heavy atom. The molecule has 17 heavy (non-hydrogen) atoms. The number of aliphatic hydroxyl groups excluding tert-OH is 3. The largest absolute Gasteiger partial charge is 0.387 e. The maximum absolute atomic E-state index is 9.77. The minimum Gasteiger partial charge on any atom is -0.387 e. The van der Waals surface area contributed by atoms with E-state index >= 15 is 0 Å². The van der Waals surface area contributed by atoms with Crippen LogP contribution < -0.4 is 0 Å². The van der Waals surface area contributed by atoms with Gasteiger partial charge in [-0.25, -0.2) is 0 Å². The summed E-state index contributed by atoms with van der Waals surface area (Å²) in [6, 6.07) is 0. The second-order valence-corrected chi connectivity index (χ2v) is 4.18.